The lowest BCUT2D eigenvalue weighted by Gasteiger charge is -2.13. The van der Waals surface area contributed by atoms with Crippen molar-refractivity contribution in [1.29, 1.82) is 0 Å². The Kier molecular flexibility index (Phi) is 6.60. The third kappa shape index (κ3) is 5.16. The smallest absolute Gasteiger partial charge is 0.176 e. The van der Waals surface area contributed by atoms with Gasteiger partial charge in [0.1, 0.15) is 0 Å². The summed E-state index contributed by atoms with van der Waals surface area (Å²) < 4.78 is 10.9. The van der Waals surface area contributed by atoms with E-state index < -0.39 is 0 Å². The standard InChI is InChI=1S/C15H22O2/c1-4-16-15(17-5-2)12-11-13(3)14-9-7-6-8-10-14/h6-13,15H,4-5H2,1-3H3/b12-11+. The van der Waals surface area contributed by atoms with Gasteiger partial charge in [-0.05, 0) is 31.4 Å². The first-order valence-electron chi connectivity index (χ1n) is 6.24. The summed E-state index contributed by atoms with van der Waals surface area (Å²) >= 11 is 0. The van der Waals surface area contributed by atoms with Crippen molar-refractivity contribution in [3.8, 4) is 0 Å². The van der Waals surface area contributed by atoms with Gasteiger partial charge >= 0.3 is 0 Å². The van der Waals surface area contributed by atoms with Crippen molar-refractivity contribution >= 4 is 0 Å². The Morgan fingerprint density at radius 3 is 2.12 bits per heavy atom. The van der Waals surface area contributed by atoms with E-state index in [-0.39, 0.29) is 6.29 Å². The van der Waals surface area contributed by atoms with E-state index >= 15 is 0 Å². The third-order valence-corrected chi connectivity index (χ3v) is 2.54. The maximum absolute atomic E-state index is 5.46. The predicted octanol–water partition coefficient (Wildman–Crippen LogP) is 3.75. The molecular formula is C15H22O2. The van der Waals surface area contributed by atoms with Crippen molar-refractivity contribution in [3.63, 3.8) is 0 Å². The van der Waals surface area contributed by atoms with Gasteiger partial charge in [0.2, 0.25) is 0 Å². The van der Waals surface area contributed by atoms with Crippen molar-refractivity contribution in [3.05, 3.63) is 48.0 Å². The zero-order valence-corrected chi connectivity index (χ0v) is 10.9. The molecule has 0 spiro atoms. The SMILES string of the molecule is CCOC(/C=C/C(C)c1ccccc1)OCC. The molecule has 0 saturated carbocycles. The van der Waals surface area contributed by atoms with E-state index in [9.17, 15) is 0 Å². The largest absolute Gasteiger partial charge is 0.349 e. The van der Waals surface area contributed by atoms with Gasteiger partial charge in [-0.15, -0.1) is 0 Å². The van der Waals surface area contributed by atoms with Gasteiger partial charge in [0.15, 0.2) is 6.29 Å². The average molecular weight is 234 g/mol. The number of benzene rings is 1. The molecule has 0 aliphatic carbocycles. The fourth-order valence-corrected chi connectivity index (χ4v) is 1.61. The van der Waals surface area contributed by atoms with Crippen molar-refractivity contribution in [2.75, 3.05) is 13.2 Å². The number of hydrogen-bond donors (Lipinski definition) is 0. The van der Waals surface area contributed by atoms with Crippen LogP contribution in [0.5, 0.6) is 0 Å². The molecular weight excluding hydrogens is 212 g/mol. The molecule has 0 heterocycles. The highest BCUT2D eigenvalue weighted by Gasteiger charge is 2.04. The van der Waals surface area contributed by atoms with E-state index in [2.05, 4.69) is 37.3 Å². The van der Waals surface area contributed by atoms with E-state index in [4.69, 9.17) is 9.47 Å². The quantitative estimate of drug-likeness (QED) is 0.528. The van der Waals surface area contributed by atoms with Crippen molar-refractivity contribution in [2.45, 2.75) is 33.0 Å². The normalized spacial score (nSPS) is 13.4. The lowest BCUT2D eigenvalue weighted by molar-refractivity contribution is -0.104. The number of hydrogen-bond acceptors (Lipinski definition) is 2. The minimum Gasteiger partial charge on any atom is -0.349 e. The van der Waals surface area contributed by atoms with E-state index in [0.717, 1.165) is 0 Å². The molecule has 1 aromatic carbocycles. The molecule has 0 aromatic heterocycles. The fourth-order valence-electron chi connectivity index (χ4n) is 1.61. The molecule has 1 aromatic rings. The number of rotatable bonds is 7. The van der Waals surface area contributed by atoms with Gasteiger partial charge in [-0.3, -0.25) is 0 Å². The van der Waals surface area contributed by atoms with Crippen molar-refractivity contribution in [2.24, 2.45) is 0 Å². The monoisotopic (exact) mass is 234 g/mol. The van der Waals surface area contributed by atoms with Gasteiger partial charge in [-0.1, -0.05) is 43.3 Å². The summed E-state index contributed by atoms with van der Waals surface area (Å²) in [6.45, 7) is 7.44. The van der Waals surface area contributed by atoms with E-state index in [0.29, 0.717) is 19.1 Å². The minimum atomic E-state index is -0.226. The molecule has 2 nitrogen and oxygen atoms in total. The molecule has 0 aliphatic heterocycles. The first-order valence-corrected chi connectivity index (χ1v) is 6.24. The van der Waals surface area contributed by atoms with Gasteiger partial charge in [-0.25, -0.2) is 0 Å². The highest BCUT2D eigenvalue weighted by Crippen LogP contribution is 2.16. The Labute approximate surface area is 104 Å². The van der Waals surface area contributed by atoms with Crippen LogP contribution in [0.15, 0.2) is 42.5 Å². The van der Waals surface area contributed by atoms with E-state index in [1.807, 2.05) is 26.0 Å². The van der Waals surface area contributed by atoms with Crippen molar-refractivity contribution < 1.29 is 9.47 Å². The molecule has 0 fully saturated rings. The second-order valence-corrected chi connectivity index (χ2v) is 3.86. The molecule has 94 valence electrons. The van der Waals surface area contributed by atoms with E-state index in [1.165, 1.54) is 5.56 Å². The van der Waals surface area contributed by atoms with Crippen LogP contribution < -0.4 is 0 Å². The lowest BCUT2D eigenvalue weighted by Crippen LogP contribution is -2.14. The molecule has 0 saturated heterocycles. The molecule has 1 atom stereocenters. The zero-order chi connectivity index (χ0) is 12.5. The topological polar surface area (TPSA) is 18.5 Å². The lowest BCUT2D eigenvalue weighted by atomic mass is 10.0. The van der Waals surface area contributed by atoms with Crippen LogP contribution in [0.3, 0.4) is 0 Å². The first-order chi connectivity index (χ1) is 8.27. The van der Waals surface area contributed by atoms with Crippen LogP contribution in [-0.2, 0) is 9.47 Å². The Hall–Kier alpha value is -1.12. The molecule has 1 unspecified atom stereocenters. The summed E-state index contributed by atoms with van der Waals surface area (Å²) in [6.07, 6.45) is 3.90. The molecule has 0 amide bonds. The maximum Gasteiger partial charge on any atom is 0.176 e. The van der Waals surface area contributed by atoms with Gasteiger partial charge in [0.25, 0.3) is 0 Å². The fraction of sp³-hybridized carbons (Fsp3) is 0.467. The molecule has 2 heteroatoms. The molecule has 1 rings (SSSR count). The van der Waals surface area contributed by atoms with E-state index in [1.54, 1.807) is 0 Å². The summed E-state index contributed by atoms with van der Waals surface area (Å²) in [5.74, 6) is 0.375. The Morgan fingerprint density at radius 2 is 1.59 bits per heavy atom. The average Bonchev–Trinajstić information content (AvgIpc) is 2.37. The van der Waals surface area contributed by atoms with Gasteiger partial charge in [0, 0.05) is 13.2 Å². The number of allylic oxidation sites excluding steroid dienone is 1. The van der Waals surface area contributed by atoms with Crippen LogP contribution in [0.1, 0.15) is 32.3 Å². The highest BCUT2D eigenvalue weighted by atomic mass is 16.7. The second kappa shape index (κ2) is 8.04. The summed E-state index contributed by atoms with van der Waals surface area (Å²) in [5.41, 5.74) is 1.30. The number of ether oxygens (including phenoxy) is 2. The van der Waals surface area contributed by atoms with Crippen LogP contribution in [0.25, 0.3) is 0 Å². The molecule has 0 N–H and O–H groups in total. The van der Waals surface area contributed by atoms with Gasteiger partial charge < -0.3 is 9.47 Å². The maximum atomic E-state index is 5.46. The molecule has 0 aliphatic rings. The van der Waals surface area contributed by atoms with Crippen LogP contribution in [0, 0.1) is 0 Å². The molecule has 0 bridgehead atoms. The van der Waals surface area contributed by atoms with Gasteiger partial charge in [0.05, 0.1) is 0 Å². The minimum absolute atomic E-state index is 0.226. The molecule has 17 heavy (non-hydrogen) atoms. The summed E-state index contributed by atoms with van der Waals surface area (Å²) in [7, 11) is 0. The van der Waals surface area contributed by atoms with Crippen molar-refractivity contribution in [1.82, 2.24) is 0 Å². The summed E-state index contributed by atoms with van der Waals surface area (Å²) in [6, 6.07) is 10.4. The Balaban J connectivity index is 2.56. The zero-order valence-electron chi connectivity index (χ0n) is 10.9. The third-order valence-electron chi connectivity index (χ3n) is 2.54. The Bertz CT molecular complexity index is 313. The summed E-state index contributed by atoms with van der Waals surface area (Å²) in [5, 5.41) is 0. The predicted molar refractivity (Wildman–Crippen MR) is 71.0 cm³/mol. The van der Waals surface area contributed by atoms with Gasteiger partial charge in [-0.2, -0.15) is 0 Å². The van der Waals surface area contributed by atoms with Crippen LogP contribution in [-0.4, -0.2) is 19.5 Å². The first kappa shape index (κ1) is 13.9. The Morgan fingerprint density at radius 1 is 1.00 bits per heavy atom. The highest BCUT2D eigenvalue weighted by molar-refractivity contribution is 5.22. The summed E-state index contributed by atoms with van der Waals surface area (Å²) in [4.78, 5) is 0. The molecule has 0 radical (unpaired) electrons. The second-order valence-electron chi connectivity index (χ2n) is 3.86. The van der Waals surface area contributed by atoms with Crippen LogP contribution in [0.2, 0.25) is 0 Å². The van der Waals surface area contributed by atoms with Crippen LogP contribution in [0.4, 0.5) is 0 Å². The van der Waals surface area contributed by atoms with Crippen LogP contribution >= 0.6 is 0 Å².